The summed E-state index contributed by atoms with van der Waals surface area (Å²) in [6.07, 6.45) is 7.77. The quantitative estimate of drug-likeness (QED) is 0.935. The van der Waals surface area contributed by atoms with Crippen molar-refractivity contribution in [2.75, 3.05) is 24.9 Å². The summed E-state index contributed by atoms with van der Waals surface area (Å²) in [7, 11) is 4.14. The SMILES string of the molecule is CN(C)Cc1ccnc(N2C=C(c3cn[nH]c3)SC2)c1. The highest BCUT2D eigenvalue weighted by Gasteiger charge is 2.17. The first kappa shape index (κ1) is 13.2. The van der Waals surface area contributed by atoms with E-state index in [-0.39, 0.29) is 0 Å². The number of aromatic amines is 1. The van der Waals surface area contributed by atoms with Crippen LogP contribution >= 0.6 is 11.8 Å². The number of rotatable bonds is 4. The van der Waals surface area contributed by atoms with Crippen LogP contribution in [0.15, 0.2) is 36.9 Å². The Morgan fingerprint density at radius 2 is 2.35 bits per heavy atom. The van der Waals surface area contributed by atoms with E-state index in [4.69, 9.17) is 0 Å². The third-order valence-electron chi connectivity index (χ3n) is 3.02. The van der Waals surface area contributed by atoms with Crippen LogP contribution in [0.3, 0.4) is 0 Å². The van der Waals surface area contributed by atoms with Gasteiger partial charge in [0.1, 0.15) is 5.82 Å². The third-order valence-corrected chi connectivity index (χ3v) is 4.08. The maximum absolute atomic E-state index is 4.47. The largest absolute Gasteiger partial charge is 0.322 e. The molecule has 1 aliphatic heterocycles. The number of anilines is 1. The number of hydrogen-bond acceptors (Lipinski definition) is 5. The summed E-state index contributed by atoms with van der Waals surface area (Å²) in [4.78, 5) is 10.0. The zero-order chi connectivity index (χ0) is 13.9. The third kappa shape index (κ3) is 2.86. The Kier molecular flexibility index (Phi) is 3.75. The Bertz CT molecular complexity index is 606. The van der Waals surface area contributed by atoms with Crippen molar-refractivity contribution in [3.8, 4) is 0 Å². The molecular weight excluding hydrogens is 270 g/mol. The molecule has 0 bridgehead atoms. The van der Waals surface area contributed by atoms with Gasteiger partial charge in [-0.15, -0.1) is 11.8 Å². The predicted octanol–water partition coefficient (Wildman–Crippen LogP) is 2.38. The minimum Gasteiger partial charge on any atom is -0.322 e. The number of nitrogens with one attached hydrogen (secondary N) is 1. The second-order valence-corrected chi connectivity index (χ2v) is 5.97. The topological polar surface area (TPSA) is 48.1 Å². The van der Waals surface area contributed by atoms with Crippen molar-refractivity contribution in [2.24, 2.45) is 0 Å². The normalized spacial score (nSPS) is 14.9. The molecule has 0 amide bonds. The summed E-state index contributed by atoms with van der Waals surface area (Å²) in [6.45, 7) is 0.925. The number of pyridine rings is 1. The molecule has 104 valence electrons. The maximum atomic E-state index is 4.47. The van der Waals surface area contributed by atoms with Crippen LogP contribution in [0, 0.1) is 0 Å². The lowest BCUT2D eigenvalue weighted by Gasteiger charge is -2.15. The van der Waals surface area contributed by atoms with Crippen LogP contribution in [-0.4, -0.2) is 40.1 Å². The van der Waals surface area contributed by atoms with E-state index in [1.165, 1.54) is 10.5 Å². The van der Waals surface area contributed by atoms with Crippen molar-refractivity contribution in [3.05, 3.63) is 48.1 Å². The molecule has 0 fully saturated rings. The van der Waals surface area contributed by atoms with E-state index < -0.39 is 0 Å². The van der Waals surface area contributed by atoms with Gasteiger partial charge in [0.05, 0.1) is 12.1 Å². The van der Waals surface area contributed by atoms with E-state index >= 15 is 0 Å². The average Bonchev–Trinajstić information content (AvgIpc) is 3.09. The van der Waals surface area contributed by atoms with Crippen LogP contribution in [0.2, 0.25) is 0 Å². The molecule has 1 N–H and O–H groups in total. The second kappa shape index (κ2) is 5.68. The van der Waals surface area contributed by atoms with Crippen LogP contribution in [-0.2, 0) is 6.54 Å². The van der Waals surface area contributed by atoms with E-state index in [2.05, 4.69) is 57.4 Å². The van der Waals surface area contributed by atoms with E-state index in [0.29, 0.717) is 0 Å². The van der Waals surface area contributed by atoms with Gasteiger partial charge in [-0.1, -0.05) is 0 Å². The minimum atomic E-state index is 0.888. The minimum absolute atomic E-state index is 0.888. The van der Waals surface area contributed by atoms with Crippen LogP contribution in [0.25, 0.3) is 4.91 Å². The zero-order valence-corrected chi connectivity index (χ0v) is 12.4. The maximum Gasteiger partial charge on any atom is 0.133 e. The molecule has 0 radical (unpaired) electrons. The van der Waals surface area contributed by atoms with Crippen LogP contribution < -0.4 is 4.90 Å². The number of H-pyrrole nitrogens is 1. The lowest BCUT2D eigenvalue weighted by Crippen LogP contribution is -2.14. The summed E-state index contributed by atoms with van der Waals surface area (Å²) in [5.41, 5.74) is 2.40. The van der Waals surface area contributed by atoms with E-state index in [1.807, 2.05) is 18.6 Å². The van der Waals surface area contributed by atoms with Gasteiger partial charge in [-0.3, -0.25) is 5.10 Å². The highest BCUT2D eigenvalue weighted by molar-refractivity contribution is 8.08. The molecule has 2 aromatic heterocycles. The average molecular weight is 287 g/mol. The smallest absolute Gasteiger partial charge is 0.133 e. The van der Waals surface area contributed by atoms with Gasteiger partial charge in [0.2, 0.25) is 0 Å². The summed E-state index contributed by atoms with van der Waals surface area (Å²) in [5, 5.41) is 6.84. The molecule has 0 unspecified atom stereocenters. The van der Waals surface area contributed by atoms with Crippen LogP contribution in [0.1, 0.15) is 11.1 Å². The molecule has 20 heavy (non-hydrogen) atoms. The fraction of sp³-hybridized carbons (Fsp3) is 0.286. The van der Waals surface area contributed by atoms with Crippen molar-refractivity contribution in [1.29, 1.82) is 0 Å². The molecule has 0 atom stereocenters. The molecule has 0 saturated heterocycles. The van der Waals surface area contributed by atoms with Gasteiger partial charge in [0.15, 0.2) is 0 Å². The predicted molar refractivity (Wildman–Crippen MR) is 83.1 cm³/mol. The lowest BCUT2D eigenvalue weighted by molar-refractivity contribution is 0.402. The van der Waals surface area contributed by atoms with Crippen molar-refractivity contribution in [3.63, 3.8) is 0 Å². The molecule has 1 aliphatic rings. The van der Waals surface area contributed by atoms with Crippen molar-refractivity contribution >= 4 is 22.5 Å². The van der Waals surface area contributed by atoms with Gasteiger partial charge >= 0.3 is 0 Å². The van der Waals surface area contributed by atoms with E-state index in [0.717, 1.165) is 23.8 Å². The monoisotopic (exact) mass is 287 g/mol. The zero-order valence-electron chi connectivity index (χ0n) is 11.6. The molecule has 0 aromatic carbocycles. The Morgan fingerprint density at radius 1 is 1.45 bits per heavy atom. The highest BCUT2D eigenvalue weighted by Crippen LogP contribution is 2.35. The van der Waals surface area contributed by atoms with Gasteiger partial charge in [-0.05, 0) is 31.8 Å². The number of nitrogens with zero attached hydrogens (tertiary/aromatic N) is 4. The second-order valence-electron chi connectivity index (χ2n) is 4.98. The summed E-state index contributed by atoms with van der Waals surface area (Å²) < 4.78 is 0. The van der Waals surface area contributed by atoms with Gasteiger partial charge in [0.25, 0.3) is 0 Å². The lowest BCUT2D eigenvalue weighted by atomic mass is 10.2. The molecule has 5 nitrogen and oxygen atoms in total. The van der Waals surface area contributed by atoms with Crippen LogP contribution in [0.5, 0.6) is 0 Å². The molecule has 0 spiro atoms. The number of aromatic nitrogens is 3. The molecule has 3 rings (SSSR count). The molecule has 3 heterocycles. The van der Waals surface area contributed by atoms with Gasteiger partial charge < -0.3 is 9.80 Å². The van der Waals surface area contributed by atoms with Crippen molar-refractivity contribution < 1.29 is 0 Å². The molecule has 0 aliphatic carbocycles. The Hall–Kier alpha value is -1.79. The summed E-state index contributed by atoms with van der Waals surface area (Å²) in [5.74, 6) is 1.88. The standard InChI is InChI=1S/C14H17N5S/c1-18(2)8-11-3-4-15-14(5-11)19-9-13(20-10-19)12-6-16-17-7-12/h3-7,9H,8,10H2,1-2H3,(H,16,17). The number of thioether (sulfide) groups is 1. The van der Waals surface area contributed by atoms with Gasteiger partial charge in [0, 0.05) is 35.6 Å². The highest BCUT2D eigenvalue weighted by atomic mass is 32.2. The Labute approximate surface area is 122 Å². The number of hydrogen-bond donors (Lipinski definition) is 1. The summed E-state index contributed by atoms with van der Waals surface area (Å²) >= 11 is 1.80. The first-order valence-electron chi connectivity index (χ1n) is 6.42. The summed E-state index contributed by atoms with van der Waals surface area (Å²) in [6, 6.07) is 4.21. The van der Waals surface area contributed by atoms with Gasteiger partial charge in [-0.2, -0.15) is 5.10 Å². The van der Waals surface area contributed by atoms with Crippen LogP contribution in [0.4, 0.5) is 5.82 Å². The Balaban J connectivity index is 1.80. The fourth-order valence-electron chi connectivity index (χ4n) is 2.11. The van der Waals surface area contributed by atoms with Crippen molar-refractivity contribution in [1.82, 2.24) is 20.1 Å². The Morgan fingerprint density at radius 3 is 3.10 bits per heavy atom. The van der Waals surface area contributed by atoms with Gasteiger partial charge in [-0.25, -0.2) is 4.98 Å². The molecule has 6 heteroatoms. The molecular formula is C14H17N5S. The molecule has 0 saturated carbocycles. The molecule has 2 aromatic rings. The fourth-order valence-corrected chi connectivity index (χ4v) is 3.08. The van der Waals surface area contributed by atoms with E-state index in [1.54, 1.807) is 11.8 Å². The first-order chi connectivity index (χ1) is 9.72. The van der Waals surface area contributed by atoms with E-state index in [9.17, 15) is 0 Å². The first-order valence-corrected chi connectivity index (χ1v) is 7.41. The van der Waals surface area contributed by atoms with Crippen molar-refractivity contribution in [2.45, 2.75) is 6.54 Å².